The van der Waals surface area contributed by atoms with Gasteiger partial charge in [0.05, 0.1) is 12.9 Å². The number of hydrogen-bond acceptors (Lipinski definition) is 5. The predicted octanol–water partition coefficient (Wildman–Crippen LogP) is 6.59. The van der Waals surface area contributed by atoms with Crippen LogP contribution in [0, 0.1) is 13.8 Å². The first-order chi connectivity index (χ1) is 17.1. The molecule has 4 rings (SSSR count). The normalized spacial score (nSPS) is 11.4. The highest BCUT2D eigenvalue weighted by Gasteiger charge is 2.19. The van der Waals surface area contributed by atoms with E-state index in [-0.39, 0.29) is 17.1 Å². The Morgan fingerprint density at radius 2 is 1.58 bits per heavy atom. The van der Waals surface area contributed by atoms with Gasteiger partial charge in [-0.15, -0.1) is 10.2 Å². The Morgan fingerprint density at radius 1 is 0.944 bits per heavy atom. The summed E-state index contributed by atoms with van der Waals surface area (Å²) >= 11 is 1.36. The Labute approximate surface area is 217 Å². The zero-order chi connectivity index (χ0) is 25.9. The van der Waals surface area contributed by atoms with Gasteiger partial charge in [0.2, 0.25) is 5.91 Å². The van der Waals surface area contributed by atoms with Crippen molar-refractivity contribution < 1.29 is 9.53 Å². The Balaban J connectivity index is 1.62. The van der Waals surface area contributed by atoms with Gasteiger partial charge in [-0.05, 0) is 72.4 Å². The number of nitrogens with zero attached hydrogens (tertiary/aromatic N) is 3. The molecule has 7 heteroatoms. The maximum absolute atomic E-state index is 12.7. The number of benzene rings is 3. The van der Waals surface area contributed by atoms with Crippen molar-refractivity contribution in [2.45, 2.75) is 45.2 Å². The lowest BCUT2D eigenvalue weighted by atomic mass is 9.87. The topological polar surface area (TPSA) is 69.0 Å². The first-order valence-electron chi connectivity index (χ1n) is 11.9. The molecule has 0 saturated heterocycles. The molecule has 1 N–H and O–H groups in total. The van der Waals surface area contributed by atoms with Gasteiger partial charge in [0, 0.05) is 16.9 Å². The number of ether oxygens (including phenoxy) is 1. The second-order valence-electron chi connectivity index (χ2n) is 9.88. The van der Waals surface area contributed by atoms with Crippen molar-refractivity contribution in [2.75, 3.05) is 18.2 Å². The summed E-state index contributed by atoms with van der Waals surface area (Å²) in [6.07, 6.45) is 0. The second kappa shape index (κ2) is 10.6. The van der Waals surface area contributed by atoms with Crippen LogP contribution in [0.25, 0.3) is 17.1 Å². The summed E-state index contributed by atoms with van der Waals surface area (Å²) in [5.74, 6) is 1.61. The zero-order valence-electron chi connectivity index (χ0n) is 21.6. The Hall–Kier alpha value is -3.58. The molecule has 36 heavy (non-hydrogen) atoms. The van der Waals surface area contributed by atoms with Crippen molar-refractivity contribution in [3.63, 3.8) is 0 Å². The molecule has 0 aliphatic carbocycles. The summed E-state index contributed by atoms with van der Waals surface area (Å²) < 4.78 is 7.32. The van der Waals surface area contributed by atoms with Crippen molar-refractivity contribution in [2.24, 2.45) is 0 Å². The van der Waals surface area contributed by atoms with E-state index < -0.39 is 0 Å². The van der Waals surface area contributed by atoms with Gasteiger partial charge < -0.3 is 10.1 Å². The molecule has 1 aromatic heterocycles. The number of rotatable bonds is 7. The quantitative estimate of drug-likeness (QED) is 0.290. The van der Waals surface area contributed by atoms with Gasteiger partial charge in [0.1, 0.15) is 5.75 Å². The Kier molecular flexibility index (Phi) is 7.50. The zero-order valence-corrected chi connectivity index (χ0v) is 22.4. The van der Waals surface area contributed by atoms with E-state index in [1.807, 2.05) is 54.8 Å². The number of amides is 1. The molecule has 0 aliphatic heterocycles. The minimum atomic E-state index is -0.0923. The van der Waals surface area contributed by atoms with E-state index in [9.17, 15) is 4.79 Å². The van der Waals surface area contributed by atoms with E-state index >= 15 is 0 Å². The average molecular weight is 501 g/mol. The van der Waals surface area contributed by atoms with Gasteiger partial charge in [0.25, 0.3) is 0 Å². The number of aryl methyl sites for hydroxylation is 2. The van der Waals surface area contributed by atoms with Crippen LogP contribution >= 0.6 is 11.8 Å². The highest BCUT2D eigenvalue weighted by molar-refractivity contribution is 7.99. The maximum Gasteiger partial charge on any atom is 0.234 e. The summed E-state index contributed by atoms with van der Waals surface area (Å²) in [7, 11) is 1.64. The van der Waals surface area contributed by atoms with Gasteiger partial charge in [0.15, 0.2) is 11.0 Å². The van der Waals surface area contributed by atoms with E-state index in [2.05, 4.69) is 66.6 Å². The van der Waals surface area contributed by atoms with Crippen LogP contribution in [-0.4, -0.2) is 33.5 Å². The molecule has 4 aromatic rings. The smallest absolute Gasteiger partial charge is 0.234 e. The molecule has 0 spiro atoms. The molecule has 0 unspecified atom stereocenters. The number of anilines is 1. The summed E-state index contributed by atoms with van der Waals surface area (Å²) in [6.45, 7) is 10.6. The lowest BCUT2D eigenvalue weighted by Crippen LogP contribution is -2.14. The van der Waals surface area contributed by atoms with Crippen molar-refractivity contribution in [1.82, 2.24) is 14.8 Å². The fourth-order valence-electron chi connectivity index (χ4n) is 4.01. The van der Waals surface area contributed by atoms with Crippen LogP contribution in [0.3, 0.4) is 0 Å². The maximum atomic E-state index is 12.7. The van der Waals surface area contributed by atoms with Crippen LogP contribution in [0.4, 0.5) is 5.69 Å². The molecular formula is C29H32N4O2S. The van der Waals surface area contributed by atoms with E-state index in [0.29, 0.717) is 5.16 Å². The number of methoxy groups -OCH3 is 1. The third kappa shape index (κ3) is 5.97. The molecule has 6 nitrogen and oxygen atoms in total. The fourth-order valence-corrected chi connectivity index (χ4v) is 4.76. The molecule has 0 radical (unpaired) electrons. The monoisotopic (exact) mass is 500 g/mol. The molecule has 0 atom stereocenters. The van der Waals surface area contributed by atoms with Crippen LogP contribution in [0.5, 0.6) is 5.75 Å². The van der Waals surface area contributed by atoms with E-state index in [4.69, 9.17) is 4.74 Å². The van der Waals surface area contributed by atoms with E-state index in [0.717, 1.165) is 39.6 Å². The second-order valence-corrected chi connectivity index (χ2v) is 10.8. The largest absolute Gasteiger partial charge is 0.497 e. The lowest BCUT2D eigenvalue weighted by molar-refractivity contribution is -0.113. The van der Waals surface area contributed by atoms with Gasteiger partial charge in [-0.1, -0.05) is 62.9 Å². The van der Waals surface area contributed by atoms with Gasteiger partial charge >= 0.3 is 0 Å². The van der Waals surface area contributed by atoms with Crippen LogP contribution in [0.1, 0.15) is 37.5 Å². The number of nitrogens with one attached hydrogen (secondary N) is 1. The number of carbonyl (C=O) groups is 1. The van der Waals surface area contributed by atoms with Gasteiger partial charge in [-0.25, -0.2) is 0 Å². The number of hydrogen-bond donors (Lipinski definition) is 1. The van der Waals surface area contributed by atoms with Crippen molar-refractivity contribution in [3.8, 4) is 22.8 Å². The Bertz CT molecular complexity index is 1330. The third-order valence-corrected chi connectivity index (χ3v) is 6.74. The summed E-state index contributed by atoms with van der Waals surface area (Å²) in [5.41, 5.74) is 6.19. The molecule has 186 valence electrons. The average Bonchev–Trinajstić information content (AvgIpc) is 3.25. The third-order valence-electron chi connectivity index (χ3n) is 5.81. The standard InChI is InChI=1S/C29H32N4O2S/c1-19-15-20(2)17-23(16-19)30-26(34)18-36-28-32-31-27(21-7-9-22(10-8-21)29(3,4)5)33(28)24-11-13-25(35-6)14-12-24/h7-17H,18H2,1-6H3,(H,30,34). The highest BCUT2D eigenvalue weighted by Crippen LogP contribution is 2.31. The molecule has 0 bridgehead atoms. The highest BCUT2D eigenvalue weighted by atomic mass is 32.2. The summed E-state index contributed by atoms with van der Waals surface area (Å²) in [4.78, 5) is 12.7. The van der Waals surface area contributed by atoms with Gasteiger partial charge in [-0.3, -0.25) is 9.36 Å². The molecular weight excluding hydrogens is 468 g/mol. The van der Waals surface area contributed by atoms with Crippen molar-refractivity contribution in [1.29, 1.82) is 0 Å². The Morgan fingerprint density at radius 3 is 2.17 bits per heavy atom. The lowest BCUT2D eigenvalue weighted by Gasteiger charge is -2.19. The number of aromatic nitrogens is 3. The van der Waals surface area contributed by atoms with E-state index in [1.165, 1.54) is 17.3 Å². The van der Waals surface area contributed by atoms with Crippen molar-refractivity contribution in [3.05, 3.63) is 83.4 Å². The van der Waals surface area contributed by atoms with Gasteiger partial charge in [-0.2, -0.15) is 0 Å². The summed E-state index contributed by atoms with van der Waals surface area (Å²) in [5, 5.41) is 12.6. The first-order valence-corrected chi connectivity index (χ1v) is 12.8. The first kappa shape index (κ1) is 25.5. The molecule has 0 aliphatic rings. The van der Waals surface area contributed by atoms with Crippen LogP contribution < -0.4 is 10.1 Å². The van der Waals surface area contributed by atoms with Crippen LogP contribution in [-0.2, 0) is 10.2 Å². The van der Waals surface area contributed by atoms with E-state index in [1.54, 1.807) is 7.11 Å². The number of thioether (sulfide) groups is 1. The molecule has 0 saturated carbocycles. The fraction of sp³-hybridized carbons (Fsp3) is 0.276. The molecule has 1 amide bonds. The molecule has 1 heterocycles. The molecule has 3 aromatic carbocycles. The summed E-state index contributed by atoms with van der Waals surface area (Å²) in [6, 6.07) is 22.2. The predicted molar refractivity (Wildman–Crippen MR) is 147 cm³/mol. The van der Waals surface area contributed by atoms with Crippen molar-refractivity contribution >= 4 is 23.4 Å². The minimum Gasteiger partial charge on any atom is -0.497 e. The minimum absolute atomic E-state index is 0.0619. The molecule has 0 fully saturated rings. The number of carbonyl (C=O) groups excluding carboxylic acids is 1. The SMILES string of the molecule is COc1ccc(-n2c(SCC(=O)Nc3cc(C)cc(C)c3)nnc2-c2ccc(C(C)(C)C)cc2)cc1. The van der Waals surface area contributed by atoms with Crippen LogP contribution in [0.2, 0.25) is 0 Å². The van der Waals surface area contributed by atoms with Crippen LogP contribution in [0.15, 0.2) is 71.9 Å².